The SMILES string of the molecule is CC(C)OCC(=O)N[C@H](C(=O)OC(C)(C)C)C(C)C. The number of hydrogen-bond donors (Lipinski definition) is 1. The Labute approximate surface area is 116 Å². The number of ether oxygens (including phenoxy) is 2. The van der Waals surface area contributed by atoms with Gasteiger partial charge in [-0.25, -0.2) is 4.79 Å². The highest BCUT2D eigenvalue weighted by Gasteiger charge is 2.29. The van der Waals surface area contributed by atoms with E-state index in [4.69, 9.17) is 9.47 Å². The first-order chi connectivity index (χ1) is 8.53. The van der Waals surface area contributed by atoms with Crippen LogP contribution < -0.4 is 5.32 Å². The molecule has 0 aliphatic rings. The Morgan fingerprint density at radius 2 is 1.63 bits per heavy atom. The van der Waals surface area contributed by atoms with Crippen molar-refractivity contribution >= 4 is 11.9 Å². The van der Waals surface area contributed by atoms with Gasteiger partial charge in [0, 0.05) is 0 Å². The fraction of sp³-hybridized carbons (Fsp3) is 0.857. The van der Waals surface area contributed by atoms with Crippen molar-refractivity contribution in [3.05, 3.63) is 0 Å². The number of amides is 1. The third kappa shape index (κ3) is 8.59. The van der Waals surface area contributed by atoms with Gasteiger partial charge in [-0.05, 0) is 40.5 Å². The maximum atomic E-state index is 12.0. The lowest BCUT2D eigenvalue weighted by Crippen LogP contribution is -2.48. The van der Waals surface area contributed by atoms with E-state index in [0.29, 0.717) is 0 Å². The lowest BCUT2D eigenvalue weighted by Gasteiger charge is -2.26. The number of hydrogen-bond acceptors (Lipinski definition) is 4. The van der Waals surface area contributed by atoms with E-state index in [2.05, 4.69) is 5.32 Å². The van der Waals surface area contributed by atoms with E-state index in [1.165, 1.54) is 0 Å². The van der Waals surface area contributed by atoms with Gasteiger partial charge in [0.05, 0.1) is 6.10 Å². The average molecular weight is 273 g/mol. The van der Waals surface area contributed by atoms with Gasteiger partial charge in [0.1, 0.15) is 18.2 Å². The Kier molecular flexibility index (Phi) is 7.05. The van der Waals surface area contributed by atoms with Crippen LogP contribution in [0.2, 0.25) is 0 Å². The van der Waals surface area contributed by atoms with E-state index in [0.717, 1.165) is 0 Å². The molecule has 1 atom stereocenters. The summed E-state index contributed by atoms with van der Waals surface area (Å²) in [7, 11) is 0. The molecule has 0 bridgehead atoms. The van der Waals surface area contributed by atoms with Gasteiger partial charge in [0.25, 0.3) is 0 Å². The Balaban J connectivity index is 4.49. The van der Waals surface area contributed by atoms with Crippen molar-refractivity contribution in [2.75, 3.05) is 6.61 Å². The van der Waals surface area contributed by atoms with Crippen molar-refractivity contribution in [2.24, 2.45) is 5.92 Å². The normalized spacial score (nSPS) is 13.5. The van der Waals surface area contributed by atoms with Gasteiger partial charge in [-0.3, -0.25) is 4.79 Å². The Morgan fingerprint density at radius 3 is 2.00 bits per heavy atom. The molecule has 1 N–H and O–H groups in total. The number of nitrogens with one attached hydrogen (secondary N) is 1. The number of esters is 1. The molecule has 0 heterocycles. The van der Waals surface area contributed by atoms with E-state index >= 15 is 0 Å². The van der Waals surface area contributed by atoms with Crippen molar-refractivity contribution in [1.29, 1.82) is 0 Å². The minimum Gasteiger partial charge on any atom is -0.458 e. The summed E-state index contributed by atoms with van der Waals surface area (Å²) < 4.78 is 10.5. The van der Waals surface area contributed by atoms with Crippen LogP contribution in [0.4, 0.5) is 0 Å². The molecule has 0 aliphatic carbocycles. The zero-order chi connectivity index (χ0) is 15.2. The maximum absolute atomic E-state index is 12.0. The zero-order valence-electron chi connectivity index (χ0n) is 13.1. The van der Waals surface area contributed by atoms with Gasteiger partial charge in [-0.15, -0.1) is 0 Å². The topological polar surface area (TPSA) is 64.6 Å². The Morgan fingerprint density at radius 1 is 1.11 bits per heavy atom. The summed E-state index contributed by atoms with van der Waals surface area (Å²) in [5.74, 6) is -0.767. The molecule has 0 fully saturated rings. The second-order valence-corrected chi connectivity index (χ2v) is 6.18. The summed E-state index contributed by atoms with van der Waals surface area (Å²) in [6, 6.07) is -0.650. The van der Waals surface area contributed by atoms with Crippen LogP contribution in [0.15, 0.2) is 0 Å². The van der Waals surface area contributed by atoms with E-state index < -0.39 is 17.6 Å². The van der Waals surface area contributed by atoms with Gasteiger partial charge in [-0.1, -0.05) is 13.8 Å². The third-order valence-corrected chi connectivity index (χ3v) is 2.19. The summed E-state index contributed by atoms with van der Waals surface area (Å²) in [5.41, 5.74) is -0.566. The number of carbonyl (C=O) groups excluding carboxylic acids is 2. The van der Waals surface area contributed by atoms with Crippen LogP contribution in [-0.4, -0.2) is 36.2 Å². The van der Waals surface area contributed by atoms with Crippen molar-refractivity contribution < 1.29 is 19.1 Å². The highest BCUT2D eigenvalue weighted by molar-refractivity contribution is 5.85. The molecule has 0 aromatic heterocycles. The standard InChI is InChI=1S/C14H27NO4/c1-9(2)12(13(17)19-14(5,6)7)15-11(16)8-18-10(3)4/h9-10,12H,8H2,1-7H3,(H,15,16)/t12-/m0/s1. The first-order valence-electron chi connectivity index (χ1n) is 6.66. The van der Waals surface area contributed by atoms with E-state index in [-0.39, 0.29) is 24.5 Å². The maximum Gasteiger partial charge on any atom is 0.329 e. The number of carbonyl (C=O) groups is 2. The molecule has 0 saturated carbocycles. The Bertz CT molecular complexity index is 305. The quantitative estimate of drug-likeness (QED) is 0.751. The largest absolute Gasteiger partial charge is 0.458 e. The minimum atomic E-state index is -0.650. The average Bonchev–Trinajstić information content (AvgIpc) is 2.19. The molecule has 0 spiro atoms. The molecule has 5 heteroatoms. The van der Waals surface area contributed by atoms with Crippen LogP contribution in [0, 0.1) is 5.92 Å². The highest BCUT2D eigenvalue weighted by Crippen LogP contribution is 2.12. The molecule has 0 aromatic carbocycles. The van der Waals surface area contributed by atoms with Crippen LogP contribution in [0.5, 0.6) is 0 Å². The molecule has 19 heavy (non-hydrogen) atoms. The monoisotopic (exact) mass is 273 g/mol. The zero-order valence-corrected chi connectivity index (χ0v) is 13.1. The molecular formula is C14H27NO4. The number of rotatable bonds is 6. The van der Waals surface area contributed by atoms with Crippen LogP contribution >= 0.6 is 0 Å². The minimum absolute atomic E-state index is 0.0234. The van der Waals surface area contributed by atoms with Gasteiger partial charge < -0.3 is 14.8 Å². The molecule has 112 valence electrons. The van der Waals surface area contributed by atoms with Crippen LogP contribution in [-0.2, 0) is 19.1 Å². The molecule has 0 aliphatic heterocycles. The predicted molar refractivity (Wildman–Crippen MR) is 73.7 cm³/mol. The molecule has 0 unspecified atom stereocenters. The summed E-state index contributed by atoms with van der Waals surface area (Å²) in [4.78, 5) is 23.7. The predicted octanol–water partition coefficient (Wildman–Crippen LogP) is 1.89. The summed E-state index contributed by atoms with van der Waals surface area (Å²) in [6.07, 6.45) is -0.0234. The summed E-state index contributed by atoms with van der Waals surface area (Å²) in [5, 5.41) is 2.66. The van der Waals surface area contributed by atoms with Crippen molar-refractivity contribution in [1.82, 2.24) is 5.32 Å². The smallest absolute Gasteiger partial charge is 0.329 e. The molecule has 0 rings (SSSR count). The van der Waals surface area contributed by atoms with Crippen molar-refractivity contribution in [2.45, 2.75) is 66.2 Å². The van der Waals surface area contributed by atoms with Crippen molar-refractivity contribution in [3.63, 3.8) is 0 Å². The van der Waals surface area contributed by atoms with Crippen LogP contribution in [0.1, 0.15) is 48.5 Å². The van der Waals surface area contributed by atoms with Gasteiger partial charge in [0.15, 0.2) is 0 Å². The summed E-state index contributed by atoms with van der Waals surface area (Å²) >= 11 is 0. The molecule has 0 saturated heterocycles. The fourth-order valence-corrected chi connectivity index (χ4v) is 1.32. The molecule has 0 aromatic rings. The molecule has 5 nitrogen and oxygen atoms in total. The van der Waals surface area contributed by atoms with Crippen LogP contribution in [0.3, 0.4) is 0 Å². The van der Waals surface area contributed by atoms with E-state index in [1.54, 1.807) is 20.8 Å². The Hall–Kier alpha value is -1.10. The first kappa shape index (κ1) is 17.9. The first-order valence-corrected chi connectivity index (χ1v) is 6.66. The lowest BCUT2D eigenvalue weighted by molar-refractivity contribution is -0.160. The van der Waals surface area contributed by atoms with Gasteiger partial charge in [-0.2, -0.15) is 0 Å². The van der Waals surface area contributed by atoms with E-state index in [9.17, 15) is 9.59 Å². The second kappa shape index (κ2) is 7.48. The van der Waals surface area contributed by atoms with E-state index in [1.807, 2.05) is 27.7 Å². The summed E-state index contributed by atoms with van der Waals surface area (Å²) in [6.45, 7) is 12.8. The molecule has 1 amide bonds. The van der Waals surface area contributed by atoms with Gasteiger partial charge >= 0.3 is 5.97 Å². The third-order valence-electron chi connectivity index (χ3n) is 2.19. The van der Waals surface area contributed by atoms with Gasteiger partial charge in [0.2, 0.25) is 5.91 Å². The second-order valence-electron chi connectivity index (χ2n) is 6.18. The molecular weight excluding hydrogens is 246 g/mol. The highest BCUT2D eigenvalue weighted by atomic mass is 16.6. The molecule has 0 radical (unpaired) electrons. The lowest BCUT2D eigenvalue weighted by atomic mass is 10.0. The fourth-order valence-electron chi connectivity index (χ4n) is 1.32. The van der Waals surface area contributed by atoms with Crippen LogP contribution in [0.25, 0.3) is 0 Å². The van der Waals surface area contributed by atoms with Crippen molar-refractivity contribution in [3.8, 4) is 0 Å².